The average molecular weight is 318 g/mol. The van der Waals surface area contributed by atoms with E-state index in [1.807, 2.05) is 26.8 Å². The molecule has 2 unspecified atom stereocenters. The number of carboxylic acids is 1. The maximum absolute atomic E-state index is 12.1. The van der Waals surface area contributed by atoms with Crippen molar-refractivity contribution in [3.8, 4) is 0 Å². The normalized spacial score (nSPS) is 15.7. The second kappa shape index (κ2) is 6.59. The first kappa shape index (κ1) is 17.0. The van der Waals surface area contributed by atoms with E-state index in [4.69, 9.17) is 11.6 Å². The van der Waals surface area contributed by atoms with E-state index in [-0.39, 0.29) is 24.3 Å². The van der Waals surface area contributed by atoms with Gasteiger partial charge in [0.1, 0.15) is 0 Å². The van der Waals surface area contributed by atoms with Gasteiger partial charge in [-0.05, 0) is 31.9 Å². The van der Waals surface area contributed by atoms with Crippen molar-refractivity contribution in [2.24, 2.45) is 11.3 Å². The molecule has 0 aromatic carbocycles. The molecular weight excluding hydrogens is 298 g/mol. The quantitative estimate of drug-likeness (QED) is 0.840. The molecule has 0 saturated carbocycles. The molecule has 2 atom stereocenters. The molecule has 1 amide bonds. The summed E-state index contributed by atoms with van der Waals surface area (Å²) >= 11 is 7.26. The Labute approximate surface area is 128 Å². The van der Waals surface area contributed by atoms with Gasteiger partial charge in [-0.25, -0.2) is 0 Å². The smallest absolute Gasteiger partial charge is 0.310 e. The zero-order chi connectivity index (χ0) is 15.5. The minimum absolute atomic E-state index is 0.0382. The van der Waals surface area contributed by atoms with Crippen molar-refractivity contribution in [2.45, 2.75) is 40.2 Å². The third-order valence-electron chi connectivity index (χ3n) is 3.69. The molecule has 112 valence electrons. The summed E-state index contributed by atoms with van der Waals surface area (Å²) in [5.74, 6) is -1.34. The van der Waals surface area contributed by atoms with Crippen LogP contribution in [0.25, 0.3) is 0 Å². The fourth-order valence-corrected chi connectivity index (χ4v) is 2.85. The predicted octanol–water partition coefficient (Wildman–Crippen LogP) is 3.72. The molecule has 4 nitrogen and oxygen atoms in total. The van der Waals surface area contributed by atoms with E-state index in [1.165, 1.54) is 11.3 Å². The summed E-state index contributed by atoms with van der Waals surface area (Å²) in [6.07, 6.45) is -0.0382. The van der Waals surface area contributed by atoms with Crippen LogP contribution in [-0.4, -0.2) is 17.0 Å². The number of nitrogens with one attached hydrogen (secondary N) is 1. The Kier molecular flexibility index (Phi) is 5.59. The molecule has 1 aromatic heterocycles. The number of carbonyl (C=O) groups excluding carboxylic acids is 1. The van der Waals surface area contributed by atoms with E-state index in [0.29, 0.717) is 4.34 Å². The van der Waals surface area contributed by atoms with Crippen LogP contribution in [-0.2, 0) is 9.59 Å². The maximum atomic E-state index is 12.1. The Bertz CT molecular complexity index is 500. The summed E-state index contributed by atoms with van der Waals surface area (Å²) in [6, 6.07) is 3.46. The van der Waals surface area contributed by atoms with Gasteiger partial charge in [0.25, 0.3) is 0 Å². The number of rotatable bonds is 6. The highest BCUT2D eigenvalue weighted by Gasteiger charge is 2.39. The molecule has 0 bridgehead atoms. The third kappa shape index (κ3) is 3.96. The molecular formula is C14H20ClNO3S. The van der Waals surface area contributed by atoms with E-state index in [0.717, 1.165) is 4.88 Å². The second-order valence-electron chi connectivity index (χ2n) is 5.49. The molecule has 0 radical (unpaired) electrons. The Hall–Kier alpha value is -1.07. The van der Waals surface area contributed by atoms with Gasteiger partial charge in [-0.3, -0.25) is 9.59 Å². The fourth-order valence-electron chi connectivity index (χ4n) is 1.78. The summed E-state index contributed by atoms with van der Waals surface area (Å²) in [6.45, 7) is 7.08. The lowest BCUT2D eigenvalue weighted by Gasteiger charge is -2.28. The van der Waals surface area contributed by atoms with Crippen LogP contribution >= 0.6 is 22.9 Å². The van der Waals surface area contributed by atoms with Gasteiger partial charge < -0.3 is 10.4 Å². The Balaban J connectivity index is 2.69. The molecule has 6 heteroatoms. The molecule has 0 aliphatic carbocycles. The van der Waals surface area contributed by atoms with E-state index in [2.05, 4.69) is 5.32 Å². The van der Waals surface area contributed by atoms with Crippen molar-refractivity contribution in [3.05, 3.63) is 21.3 Å². The Morgan fingerprint density at radius 1 is 1.40 bits per heavy atom. The van der Waals surface area contributed by atoms with Crippen LogP contribution in [0.1, 0.15) is 45.0 Å². The summed E-state index contributed by atoms with van der Waals surface area (Å²) in [7, 11) is 0. The van der Waals surface area contributed by atoms with E-state index in [9.17, 15) is 14.7 Å². The number of hydrogen-bond acceptors (Lipinski definition) is 3. The number of thiophene rings is 1. The molecule has 1 heterocycles. The van der Waals surface area contributed by atoms with Crippen molar-refractivity contribution >= 4 is 34.8 Å². The molecule has 0 saturated heterocycles. The number of carboxylic acid groups (broad SMARTS) is 1. The van der Waals surface area contributed by atoms with Gasteiger partial charge in [-0.15, -0.1) is 11.3 Å². The monoisotopic (exact) mass is 317 g/mol. The average Bonchev–Trinajstić information content (AvgIpc) is 2.75. The van der Waals surface area contributed by atoms with Gasteiger partial charge >= 0.3 is 5.97 Å². The van der Waals surface area contributed by atoms with E-state index >= 15 is 0 Å². The lowest BCUT2D eigenvalue weighted by molar-refractivity contribution is -0.153. The summed E-state index contributed by atoms with van der Waals surface area (Å²) in [4.78, 5) is 24.4. The van der Waals surface area contributed by atoms with Crippen LogP contribution in [0.15, 0.2) is 12.1 Å². The predicted molar refractivity (Wildman–Crippen MR) is 81.1 cm³/mol. The van der Waals surface area contributed by atoms with Gasteiger partial charge in [-0.2, -0.15) is 0 Å². The number of halogens is 1. The standard InChI is InChI=1S/C14H20ClNO3S/c1-8(2)14(4,13(18)19)7-12(17)16-9(3)10-5-6-11(15)20-10/h5-6,8-9H,7H2,1-4H3,(H,16,17)(H,18,19). The fraction of sp³-hybridized carbons (Fsp3) is 0.571. The van der Waals surface area contributed by atoms with Crippen LogP contribution in [0.4, 0.5) is 0 Å². The molecule has 2 N–H and O–H groups in total. The Morgan fingerprint density at radius 2 is 2.00 bits per heavy atom. The zero-order valence-electron chi connectivity index (χ0n) is 12.1. The van der Waals surface area contributed by atoms with Crippen molar-refractivity contribution < 1.29 is 14.7 Å². The first-order valence-corrected chi connectivity index (χ1v) is 7.64. The first-order chi connectivity index (χ1) is 9.16. The largest absolute Gasteiger partial charge is 0.481 e. The van der Waals surface area contributed by atoms with Gasteiger partial charge in [0.05, 0.1) is 15.8 Å². The third-order valence-corrected chi connectivity index (χ3v) is 5.10. The number of hydrogen-bond donors (Lipinski definition) is 2. The van der Waals surface area contributed by atoms with Gasteiger partial charge in [-0.1, -0.05) is 25.4 Å². The topological polar surface area (TPSA) is 66.4 Å². The Morgan fingerprint density at radius 3 is 2.40 bits per heavy atom. The molecule has 0 spiro atoms. The highest BCUT2D eigenvalue weighted by atomic mass is 35.5. The zero-order valence-corrected chi connectivity index (χ0v) is 13.6. The van der Waals surface area contributed by atoms with Crippen LogP contribution in [0.3, 0.4) is 0 Å². The molecule has 0 aliphatic rings. The van der Waals surface area contributed by atoms with E-state index in [1.54, 1.807) is 13.0 Å². The van der Waals surface area contributed by atoms with Gasteiger partial charge in [0.15, 0.2) is 0 Å². The molecule has 1 rings (SSSR count). The highest BCUT2D eigenvalue weighted by molar-refractivity contribution is 7.16. The highest BCUT2D eigenvalue weighted by Crippen LogP contribution is 2.32. The first-order valence-electron chi connectivity index (χ1n) is 6.44. The van der Waals surface area contributed by atoms with Crippen molar-refractivity contribution in [1.82, 2.24) is 5.32 Å². The minimum Gasteiger partial charge on any atom is -0.481 e. The van der Waals surface area contributed by atoms with Crippen LogP contribution in [0.5, 0.6) is 0 Å². The molecule has 1 aromatic rings. The summed E-state index contributed by atoms with van der Waals surface area (Å²) < 4.78 is 0.665. The number of carbonyl (C=O) groups is 2. The summed E-state index contributed by atoms with van der Waals surface area (Å²) in [5, 5.41) is 12.1. The number of amides is 1. The van der Waals surface area contributed by atoms with Gasteiger partial charge in [0.2, 0.25) is 5.91 Å². The SMILES string of the molecule is CC(NC(=O)CC(C)(C(=O)O)C(C)C)c1ccc(Cl)s1. The second-order valence-corrected chi connectivity index (χ2v) is 7.23. The van der Waals surface area contributed by atoms with Crippen LogP contribution < -0.4 is 5.32 Å². The minimum atomic E-state index is -1.06. The lowest BCUT2D eigenvalue weighted by Crippen LogP contribution is -2.39. The molecule has 0 aliphatic heterocycles. The van der Waals surface area contributed by atoms with Crippen molar-refractivity contribution in [3.63, 3.8) is 0 Å². The van der Waals surface area contributed by atoms with Gasteiger partial charge in [0, 0.05) is 11.3 Å². The molecule has 20 heavy (non-hydrogen) atoms. The van der Waals surface area contributed by atoms with Crippen LogP contribution in [0.2, 0.25) is 4.34 Å². The maximum Gasteiger partial charge on any atom is 0.310 e. The van der Waals surface area contributed by atoms with Crippen molar-refractivity contribution in [2.75, 3.05) is 0 Å². The molecule has 0 fully saturated rings. The lowest BCUT2D eigenvalue weighted by atomic mass is 9.76. The van der Waals surface area contributed by atoms with Crippen LogP contribution in [0, 0.1) is 11.3 Å². The van der Waals surface area contributed by atoms with E-state index < -0.39 is 11.4 Å². The summed E-state index contributed by atoms with van der Waals surface area (Å²) in [5.41, 5.74) is -1.06. The van der Waals surface area contributed by atoms with Crippen molar-refractivity contribution in [1.29, 1.82) is 0 Å². The number of aliphatic carboxylic acids is 1.